The van der Waals surface area contributed by atoms with E-state index in [0.29, 0.717) is 0 Å². The van der Waals surface area contributed by atoms with Crippen LogP contribution in [0.4, 0.5) is 13.2 Å². The zero-order valence-corrected chi connectivity index (χ0v) is 6.89. The van der Waals surface area contributed by atoms with E-state index in [9.17, 15) is 18.0 Å². The molecular formula is C7H7F3N2O2. The van der Waals surface area contributed by atoms with Crippen LogP contribution in [0.25, 0.3) is 0 Å². The van der Waals surface area contributed by atoms with Crippen LogP contribution in [0.2, 0.25) is 0 Å². The van der Waals surface area contributed by atoms with E-state index in [1.165, 1.54) is 6.20 Å². The molecule has 0 saturated carbocycles. The van der Waals surface area contributed by atoms with Crippen molar-refractivity contribution in [2.45, 2.75) is 12.9 Å². The smallest absolute Gasteiger partial charge is 0.400 e. The normalized spacial score (nSPS) is 11.4. The number of ether oxygens (including phenoxy) is 1. The molecule has 0 saturated heterocycles. The molecule has 7 heteroatoms. The van der Waals surface area contributed by atoms with Crippen LogP contribution in [0.5, 0.6) is 5.75 Å². The molecule has 0 atom stereocenters. The molecule has 0 spiro atoms. The lowest BCUT2D eigenvalue weighted by molar-refractivity contribution is -0.275. The summed E-state index contributed by atoms with van der Waals surface area (Å²) in [6.07, 6.45) is -3.69. The summed E-state index contributed by atoms with van der Waals surface area (Å²) in [5.41, 5.74) is 4.17. The summed E-state index contributed by atoms with van der Waals surface area (Å²) in [5, 5.41) is 0. The zero-order valence-electron chi connectivity index (χ0n) is 6.89. The molecule has 14 heavy (non-hydrogen) atoms. The molecule has 0 amide bonds. The predicted octanol–water partition coefficient (Wildman–Crippen LogP) is 0.732. The number of aromatic amines is 1. The van der Waals surface area contributed by atoms with Gasteiger partial charge in [-0.1, -0.05) is 0 Å². The molecule has 0 fully saturated rings. The topological polar surface area (TPSA) is 68.1 Å². The standard InChI is InChI=1S/C7H7F3N2O2/c8-7(9,10)14-6-4(3-11)12-2-1-5(6)13/h1-2H,3,11H2,(H,12,13). The Hall–Kier alpha value is -1.50. The quantitative estimate of drug-likeness (QED) is 0.752. The molecule has 3 N–H and O–H groups in total. The molecule has 0 aliphatic rings. The van der Waals surface area contributed by atoms with E-state index < -0.39 is 17.5 Å². The maximum Gasteiger partial charge on any atom is 0.573 e. The number of pyridine rings is 1. The van der Waals surface area contributed by atoms with Crippen LogP contribution in [0, 0.1) is 0 Å². The Kier molecular flexibility index (Phi) is 2.80. The van der Waals surface area contributed by atoms with Crippen molar-refractivity contribution in [1.82, 2.24) is 4.98 Å². The molecule has 1 rings (SSSR count). The predicted molar refractivity (Wildman–Crippen MR) is 41.6 cm³/mol. The number of aromatic nitrogens is 1. The van der Waals surface area contributed by atoms with Crippen LogP contribution in [0.1, 0.15) is 5.69 Å². The minimum absolute atomic E-state index is 0.0881. The largest absolute Gasteiger partial charge is 0.573 e. The fraction of sp³-hybridized carbons (Fsp3) is 0.286. The number of alkyl halides is 3. The molecule has 4 nitrogen and oxygen atoms in total. The van der Waals surface area contributed by atoms with Crippen LogP contribution >= 0.6 is 0 Å². The number of nitrogens with two attached hydrogens (primary N) is 1. The molecule has 0 aliphatic carbocycles. The summed E-state index contributed by atoms with van der Waals surface area (Å²) >= 11 is 0. The second-order valence-corrected chi connectivity index (χ2v) is 2.40. The first-order valence-corrected chi connectivity index (χ1v) is 3.60. The Morgan fingerprint density at radius 2 is 2.14 bits per heavy atom. The first kappa shape index (κ1) is 10.6. The van der Waals surface area contributed by atoms with Gasteiger partial charge in [-0.2, -0.15) is 0 Å². The van der Waals surface area contributed by atoms with Crippen molar-refractivity contribution in [1.29, 1.82) is 0 Å². The third kappa shape index (κ3) is 2.49. The summed E-state index contributed by atoms with van der Waals surface area (Å²) in [7, 11) is 0. The number of hydrogen-bond donors (Lipinski definition) is 2. The fourth-order valence-corrected chi connectivity index (χ4v) is 0.887. The first-order valence-electron chi connectivity index (χ1n) is 3.60. The Bertz CT molecular complexity index is 372. The van der Waals surface area contributed by atoms with Crippen LogP contribution < -0.4 is 15.9 Å². The number of nitrogens with one attached hydrogen (secondary N) is 1. The zero-order chi connectivity index (χ0) is 10.8. The van der Waals surface area contributed by atoms with Gasteiger partial charge in [-0.05, 0) is 0 Å². The van der Waals surface area contributed by atoms with Gasteiger partial charge in [-0.25, -0.2) is 0 Å². The average molecular weight is 208 g/mol. The van der Waals surface area contributed by atoms with Crippen molar-refractivity contribution in [3.63, 3.8) is 0 Å². The van der Waals surface area contributed by atoms with Gasteiger partial charge >= 0.3 is 6.36 Å². The minimum atomic E-state index is -4.89. The lowest BCUT2D eigenvalue weighted by atomic mass is 10.3. The van der Waals surface area contributed by atoms with Gasteiger partial charge in [0.05, 0.1) is 5.69 Å². The molecule has 1 heterocycles. The summed E-state index contributed by atoms with van der Waals surface area (Å²) < 4.78 is 39.0. The summed E-state index contributed by atoms with van der Waals surface area (Å²) in [5.74, 6) is -0.803. The van der Waals surface area contributed by atoms with Gasteiger partial charge in [0, 0.05) is 18.8 Å². The van der Waals surface area contributed by atoms with Crippen LogP contribution in [-0.4, -0.2) is 11.3 Å². The molecular weight excluding hydrogens is 201 g/mol. The highest BCUT2D eigenvalue weighted by Crippen LogP contribution is 2.21. The highest BCUT2D eigenvalue weighted by atomic mass is 19.4. The molecule has 1 aromatic rings. The Morgan fingerprint density at radius 1 is 1.50 bits per heavy atom. The Balaban J connectivity index is 3.12. The van der Waals surface area contributed by atoms with E-state index >= 15 is 0 Å². The Morgan fingerprint density at radius 3 is 2.64 bits per heavy atom. The third-order valence-corrected chi connectivity index (χ3v) is 1.41. The molecule has 0 radical (unpaired) electrons. The van der Waals surface area contributed by atoms with Crippen LogP contribution in [0.15, 0.2) is 17.1 Å². The summed E-state index contributed by atoms with van der Waals surface area (Å²) in [6, 6.07) is 0.931. The van der Waals surface area contributed by atoms with Crippen molar-refractivity contribution >= 4 is 0 Å². The maximum atomic E-state index is 11.8. The van der Waals surface area contributed by atoms with Gasteiger partial charge < -0.3 is 15.5 Å². The van der Waals surface area contributed by atoms with E-state index in [1.807, 2.05) is 0 Å². The van der Waals surface area contributed by atoms with Crippen LogP contribution in [-0.2, 0) is 6.54 Å². The van der Waals surface area contributed by atoms with Gasteiger partial charge in [-0.15, -0.1) is 13.2 Å². The van der Waals surface area contributed by atoms with Gasteiger partial charge in [0.15, 0.2) is 5.75 Å². The first-order chi connectivity index (χ1) is 6.44. The molecule has 0 aromatic carbocycles. The van der Waals surface area contributed by atoms with Crippen molar-refractivity contribution in [3.8, 4) is 5.75 Å². The van der Waals surface area contributed by atoms with Gasteiger partial charge in [0.1, 0.15) is 0 Å². The summed E-state index contributed by atoms with van der Waals surface area (Å²) in [4.78, 5) is 13.4. The van der Waals surface area contributed by atoms with Crippen molar-refractivity contribution in [2.24, 2.45) is 5.73 Å². The number of rotatable bonds is 2. The van der Waals surface area contributed by atoms with E-state index in [0.717, 1.165) is 6.07 Å². The molecule has 0 aliphatic heterocycles. The highest BCUT2D eigenvalue weighted by Gasteiger charge is 2.33. The highest BCUT2D eigenvalue weighted by molar-refractivity contribution is 5.26. The summed E-state index contributed by atoms with van der Waals surface area (Å²) in [6.45, 7) is -0.235. The van der Waals surface area contributed by atoms with Gasteiger partial charge in [0.25, 0.3) is 0 Å². The van der Waals surface area contributed by atoms with Crippen LogP contribution in [0.3, 0.4) is 0 Å². The van der Waals surface area contributed by atoms with Gasteiger partial charge in [-0.3, -0.25) is 4.79 Å². The van der Waals surface area contributed by atoms with Crippen molar-refractivity contribution in [3.05, 3.63) is 28.2 Å². The molecule has 1 aromatic heterocycles. The minimum Gasteiger partial charge on any atom is -0.400 e. The monoisotopic (exact) mass is 208 g/mol. The second kappa shape index (κ2) is 3.70. The Labute approximate surface area is 76.5 Å². The van der Waals surface area contributed by atoms with E-state index in [4.69, 9.17) is 5.73 Å². The van der Waals surface area contributed by atoms with Crippen molar-refractivity contribution in [2.75, 3.05) is 0 Å². The van der Waals surface area contributed by atoms with Crippen molar-refractivity contribution < 1.29 is 17.9 Å². The molecule has 78 valence electrons. The number of H-pyrrole nitrogens is 1. The van der Waals surface area contributed by atoms with E-state index in [2.05, 4.69) is 9.72 Å². The third-order valence-electron chi connectivity index (χ3n) is 1.41. The lowest BCUT2D eigenvalue weighted by Gasteiger charge is -2.10. The maximum absolute atomic E-state index is 11.8. The molecule has 0 unspecified atom stereocenters. The van der Waals surface area contributed by atoms with E-state index in [1.54, 1.807) is 0 Å². The van der Waals surface area contributed by atoms with Gasteiger partial charge in [0.2, 0.25) is 5.43 Å². The lowest BCUT2D eigenvalue weighted by Crippen LogP contribution is -2.23. The SMILES string of the molecule is NCc1[nH]ccc(=O)c1OC(F)(F)F. The number of hydrogen-bond acceptors (Lipinski definition) is 3. The second-order valence-electron chi connectivity index (χ2n) is 2.40. The fourth-order valence-electron chi connectivity index (χ4n) is 0.887. The average Bonchev–Trinajstić information content (AvgIpc) is 2.06. The number of halogens is 3. The van der Waals surface area contributed by atoms with E-state index in [-0.39, 0.29) is 12.2 Å². The molecule has 0 bridgehead atoms.